The fourth-order valence-corrected chi connectivity index (χ4v) is 1.50. The summed E-state index contributed by atoms with van der Waals surface area (Å²) in [6, 6.07) is 0. The van der Waals surface area contributed by atoms with E-state index in [0.717, 1.165) is 44.2 Å². The number of rotatable bonds is 8. The van der Waals surface area contributed by atoms with E-state index < -0.39 is 0 Å². The quantitative estimate of drug-likeness (QED) is 0.690. The van der Waals surface area contributed by atoms with E-state index >= 15 is 0 Å². The van der Waals surface area contributed by atoms with Gasteiger partial charge in [-0.05, 0) is 19.8 Å². The lowest BCUT2D eigenvalue weighted by molar-refractivity contribution is 0.131. The van der Waals surface area contributed by atoms with Crippen LogP contribution in [0.2, 0.25) is 0 Å². The maximum Gasteiger partial charge on any atom is 0.202 e. The third-order valence-corrected chi connectivity index (χ3v) is 2.39. The van der Waals surface area contributed by atoms with E-state index in [1.807, 2.05) is 24.7 Å². The molecule has 16 heavy (non-hydrogen) atoms. The minimum absolute atomic E-state index is 0.830. The molecular formula is C12H23N3O. The molecule has 0 aliphatic heterocycles. The summed E-state index contributed by atoms with van der Waals surface area (Å²) in [5, 5.41) is 3.30. The molecule has 0 amide bonds. The van der Waals surface area contributed by atoms with E-state index in [-0.39, 0.29) is 0 Å². The zero-order chi connectivity index (χ0) is 11.8. The van der Waals surface area contributed by atoms with Crippen molar-refractivity contribution >= 4 is 5.95 Å². The van der Waals surface area contributed by atoms with Crippen LogP contribution in [0.3, 0.4) is 0 Å². The van der Waals surface area contributed by atoms with Gasteiger partial charge >= 0.3 is 0 Å². The van der Waals surface area contributed by atoms with Crippen molar-refractivity contribution in [1.29, 1.82) is 0 Å². The summed E-state index contributed by atoms with van der Waals surface area (Å²) in [4.78, 5) is 4.37. The highest BCUT2D eigenvalue weighted by molar-refractivity contribution is 5.27. The van der Waals surface area contributed by atoms with Gasteiger partial charge in [-0.2, -0.15) is 0 Å². The number of anilines is 1. The molecule has 0 saturated carbocycles. The lowest BCUT2D eigenvalue weighted by Gasteiger charge is -2.06. The highest BCUT2D eigenvalue weighted by Crippen LogP contribution is 2.05. The Kier molecular flexibility index (Phi) is 5.93. The standard InChI is InChI=1S/C12H23N3O/c1-4-5-8-16-9-6-7-13-12-14-11(2)10-15(12)3/h10H,4-9H2,1-3H3,(H,13,14). The summed E-state index contributed by atoms with van der Waals surface area (Å²) >= 11 is 0. The Labute approximate surface area is 98.0 Å². The molecule has 4 heteroatoms. The number of ether oxygens (including phenoxy) is 1. The van der Waals surface area contributed by atoms with Gasteiger partial charge in [-0.3, -0.25) is 0 Å². The van der Waals surface area contributed by atoms with Crippen molar-refractivity contribution in [3.8, 4) is 0 Å². The van der Waals surface area contributed by atoms with Crippen LogP contribution in [0.4, 0.5) is 5.95 Å². The van der Waals surface area contributed by atoms with Crippen LogP contribution in [-0.2, 0) is 11.8 Å². The van der Waals surface area contributed by atoms with Gasteiger partial charge in [0.2, 0.25) is 5.95 Å². The first-order valence-electron chi connectivity index (χ1n) is 6.05. The monoisotopic (exact) mass is 225 g/mol. The van der Waals surface area contributed by atoms with E-state index in [1.54, 1.807) is 0 Å². The van der Waals surface area contributed by atoms with E-state index in [0.29, 0.717) is 0 Å². The molecule has 0 spiro atoms. The SMILES string of the molecule is CCCCOCCCNc1nc(C)cn1C. The van der Waals surface area contributed by atoms with Crippen LogP contribution in [0.5, 0.6) is 0 Å². The largest absolute Gasteiger partial charge is 0.381 e. The van der Waals surface area contributed by atoms with Crippen molar-refractivity contribution in [3.05, 3.63) is 11.9 Å². The van der Waals surface area contributed by atoms with E-state index in [1.165, 1.54) is 6.42 Å². The lowest BCUT2D eigenvalue weighted by atomic mass is 10.4. The summed E-state index contributed by atoms with van der Waals surface area (Å²) in [5.74, 6) is 0.936. The number of hydrogen-bond acceptors (Lipinski definition) is 3. The molecule has 1 aromatic rings. The molecule has 0 saturated heterocycles. The molecule has 0 bridgehead atoms. The first kappa shape index (κ1) is 13.0. The van der Waals surface area contributed by atoms with Crippen molar-refractivity contribution in [1.82, 2.24) is 9.55 Å². The topological polar surface area (TPSA) is 39.1 Å². The second kappa shape index (κ2) is 7.28. The molecule has 0 fully saturated rings. The van der Waals surface area contributed by atoms with Gasteiger partial charge in [0.1, 0.15) is 0 Å². The van der Waals surface area contributed by atoms with Gasteiger partial charge in [0.25, 0.3) is 0 Å². The number of nitrogens with zero attached hydrogens (tertiary/aromatic N) is 2. The molecule has 1 N–H and O–H groups in total. The lowest BCUT2D eigenvalue weighted by Crippen LogP contribution is -2.09. The van der Waals surface area contributed by atoms with Crippen LogP contribution in [0, 0.1) is 6.92 Å². The van der Waals surface area contributed by atoms with Crippen LogP contribution in [-0.4, -0.2) is 29.3 Å². The number of aryl methyl sites for hydroxylation is 2. The first-order chi connectivity index (χ1) is 7.74. The minimum Gasteiger partial charge on any atom is -0.381 e. The first-order valence-corrected chi connectivity index (χ1v) is 6.05. The number of hydrogen-bond donors (Lipinski definition) is 1. The average Bonchev–Trinajstić information content (AvgIpc) is 2.56. The van der Waals surface area contributed by atoms with Crippen molar-refractivity contribution in [3.63, 3.8) is 0 Å². The Balaban J connectivity index is 2.05. The van der Waals surface area contributed by atoms with E-state index in [4.69, 9.17) is 4.74 Å². The fourth-order valence-electron chi connectivity index (χ4n) is 1.50. The molecule has 0 atom stereocenters. The maximum atomic E-state index is 5.48. The average molecular weight is 225 g/mol. The minimum atomic E-state index is 0.830. The normalized spacial score (nSPS) is 10.7. The second-order valence-electron chi connectivity index (χ2n) is 4.06. The van der Waals surface area contributed by atoms with Crippen LogP contribution in [0.1, 0.15) is 31.9 Å². The zero-order valence-electron chi connectivity index (χ0n) is 10.6. The molecule has 1 heterocycles. The highest BCUT2D eigenvalue weighted by Gasteiger charge is 1.99. The number of unbranched alkanes of at least 4 members (excludes halogenated alkanes) is 1. The van der Waals surface area contributed by atoms with Crippen LogP contribution in [0.15, 0.2) is 6.20 Å². The van der Waals surface area contributed by atoms with Gasteiger partial charge in [0.15, 0.2) is 0 Å². The predicted molar refractivity (Wildman–Crippen MR) is 66.8 cm³/mol. The van der Waals surface area contributed by atoms with E-state index in [2.05, 4.69) is 17.2 Å². The molecule has 0 aromatic carbocycles. The third-order valence-electron chi connectivity index (χ3n) is 2.39. The van der Waals surface area contributed by atoms with Gasteiger partial charge in [0, 0.05) is 33.0 Å². The van der Waals surface area contributed by atoms with Crippen molar-refractivity contribution < 1.29 is 4.74 Å². The Morgan fingerprint density at radius 2 is 2.12 bits per heavy atom. The Bertz CT molecular complexity index is 296. The van der Waals surface area contributed by atoms with Crippen LogP contribution < -0.4 is 5.32 Å². The molecule has 4 nitrogen and oxygen atoms in total. The summed E-state index contributed by atoms with van der Waals surface area (Å²) in [6.45, 7) is 6.80. The van der Waals surface area contributed by atoms with E-state index in [9.17, 15) is 0 Å². The summed E-state index contributed by atoms with van der Waals surface area (Å²) in [7, 11) is 2.00. The highest BCUT2D eigenvalue weighted by atomic mass is 16.5. The second-order valence-corrected chi connectivity index (χ2v) is 4.06. The van der Waals surface area contributed by atoms with Crippen LogP contribution >= 0.6 is 0 Å². The molecular weight excluding hydrogens is 202 g/mol. The molecule has 1 rings (SSSR count). The van der Waals surface area contributed by atoms with Gasteiger partial charge in [-0.1, -0.05) is 13.3 Å². The maximum absolute atomic E-state index is 5.48. The number of aromatic nitrogens is 2. The molecule has 0 unspecified atom stereocenters. The predicted octanol–water partition coefficient (Wildman–Crippen LogP) is 2.35. The van der Waals surface area contributed by atoms with Gasteiger partial charge in [0.05, 0.1) is 5.69 Å². The van der Waals surface area contributed by atoms with Gasteiger partial charge < -0.3 is 14.6 Å². The fraction of sp³-hybridized carbons (Fsp3) is 0.750. The van der Waals surface area contributed by atoms with Gasteiger partial charge in [-0.15, -0.1) is 0 Å². The van der Waals surface area contributed by atoms with Crippen molar-refractivity contribution in [2.75, 3.05) is 25.1 Å². The summed E-state index contributed by atoms with van der Waals surface area (Å²) in [6.07, 6.45) is 5.40. The van der Waals surface area contributed by atoms with Crippen molar-refractivity contribution in [2.45, 2.75) is 33.1 Å². The summed E-state index contributed by atoms with van der Waals surface area (Å²) < 4.78 is 7.49. The number of imidazole rings is 1. The summed E-state index contributed by atoms with van der Waals surface area (Å²) in [5.41, 5.74) is 1.05. The molecule has 92 valence electrons. The molecule has 0 radical (unpaired) electrons. The Morgan fingerprint density at radius 1 is 1.38 bits per heavy atom. The molecule has 1 aromatic heterocycles. The smallest absolute Gasteiger partial charge is 0.202 e. The Morgan fingerprint density at radius 3 is 2.75 bits per heavy atom. The molecule has 0 aliphatic rings. The van der Waals surface area contributed by atoms with Crippen LogP contribution in [0.25, 0.3) is 0 Å². The Hall–Kier alpha value is -1.03. The third kappa shape index (κ3) is 4.66. The number of nitrogens with one attached hydrogen (secondary N) is 1. The molecule has 0 aliphatic carbocycles. The van der Waals surface area contributed by atoms with Gasteiger partial charge in [-0.25, -0.2) is 4.98 Å². The van der Waals surface area contributed by atoms with Crippen molar-refractivity contribution in [2.24, 2.45) is 7.05 Å². The zero-order valence-corrected chi connectivity index (χ0v) is 10.6.